The number of aromatic nitrogens is 1. The molecule has 2 N–H and O–H groups in total. The third kappa shape index (κ3) is 4.44. The van der Waals surface area contributed by atoms with Crippen LogP contribution in [-0.2, 0) is 0 Å². The molecule has 0 atom stereocenters. The van der Waals surface area contributed by atoms with Crippen LogP contribution in [0.25, 0.3) is 0 Å². The molecule has 0 saturated carbocycles. The maximum atomic E-state index is 12.4. The van der Waals surface area contributed by atoms with Crippen molar-refractivity contribution in [1.29, 1.82) is 0 Å². The second-order valence-electron chi connectivity index (χ2n) is 6.72. The van der Waals surface area contributed by atoms with Gasteiger partial charge in [0, 0.05) is 37.4 Å². The molecule has 1 amide bonds. The highest BCUT2D eigenvalue weighted by Crippen LogP contribution is 2.23. The van der Waals surface area contributed by atoms with Crippen LogP contribution >= 0.6 is 0 Å². The largest absolute Gasteiger partial charge is 0.378 e. The van der Waals surface area contributed by atoms with Gasteiger partial charge in [0.1, 0.15) is 5.82 Å². The molecular weight excluding hydrogens is 336 g/mol. The fourth-order valence-corrected chi connectivity index (χ4v) is 2.79. The number of anilines is 4. The number of aryl methyl sites for hydroxylation is 2. The van der Waals surface area contributed by atoms with Crippen molar-refractivity contribution in [3.05, 3.63) is 77.5 Å². The second-order valence-corrected chi connectivity index (χ2v) is 6.72. The Balaban J connectivity index is 1.68. The van der Waals surface area contributed by atoms with Crippen molar-refractivity contribution in [1.82, 2.24) is 4.98 Å². The predicted molar refractivity (Wildman–Crippen MR) is 112 cm³/mol. The van der Waals surface area contributed by atoms with Crippen LogP contribution in [0.3, 0.4) is 0 Å². The van der Waals surface area contributed by atoms with E-state index in [9.17, 15) is 4.79 Å². The van der Waals surface area contributed by atoms with Crippen molar-refractivity contribution in [2.24, 2.45) is 0 Å². The molecule has 2 aromatic carbocycles. The SMILES string of the molecule is Cc1cccc(C)c1Nc1ccc(C(=O)Nc2ccc(N(C)C)cc2)cn1. The molecule has 0 aliphatic carbocycles. The summed E-state index contributed by atoms with van der Waals surface area (Å²) in [6, 6.07) is 17.4. The predicted octanol–water partition coefficient (Wildman–Crippen LogP) is 4.76. The van der Waals surface area contributed by atoms with Crippen molar-refractivity contribution in [3.63, 3.8) is 0 Å². The summed E-state index contributed by atoms with van der Waals surface area (Å²) in [5.74, 6) is 0.526. The number of benzene rings is 2. The minimum atomic E-state index is -0.182. The number of pyridine rings is 1. The van der Waals surface area contributed by atoms with E-state index in [1.807, 2.05) is 55.4 Å². The average molecular weight is 360 g/mol. The van der Waals surface area contributed by atoms with Gasteiger partial charge < -0.3 is 15.5 Å². The van der Waals surface area contributed by atoms with Gasteiger partial charge in [-0.1, -0.05) is 18.2 Å². The van der Waals surface area contributed by atoms with Crippen LogP contribution in [0.15, 0.2) is 60.8 Å². The summed E-state index contributed by atoms with van der Waals surface area (Å²) in [5, 5.41) is 6.22. The lowest BCUT2D eigenvalue weighted by Gasteiger charge is -2.13. The fourth-order valence-electron chi connectivity index (χ4n) is 2.79. The fraction of sp³-hybridized carbons (Fsp3) is 0.182. The van der Waals surface area contributed by atoms with Gasteiger partial charge in [0.2, 0.25) is 0 Å². The molecule has 0 radical (unpaired) electrons. The van der Waals surface area contributed by atoms with E-state index >= 15 is 0 Å². The second kappa shape index (κ2) is 7.91. The molecule has 138 valence electrons. The summed E-state index contributed by atoms with van der Waals surface area (Å²) in [6.07, 6.45) is 1.58. The standard InChI is InChI=1S/C22H24N4O/c1-15-6-5-7-16(2)21(15)25-20-13-8-17(14-23-20)22(27)24-18-9-11-19(12-10-18)26(3)4/h5-14H,1-4H3,(H,23,25)(H,24,27). The van der Waals surface area contributed by atoms with Crippen LogP contribution < -0.4 is 15.5 Å². The van der Waals surface area contributed by atoms with E-state index in [0.29, 0.717) is 11.4 Å². The highest BCUT2D eigenvalue weighted by molar-refractivity contribution is 6.04. The Morgan fingerprint density at radius 1 is 0.926 bits per heavy atom. The van der Waals surface area contributed by atoms with Crippen molar-refractivity contribution in [3.8, 4) is 0 Å². The van der Waals surface area contributed by atoms with Gasteiger partial charge in [-0.2, -0.15) is 0 Å². The maximum Gasteiger partial charge on any atom is 0.257 e. The number of rotatable bonds is 5. The van der Waals surface area contributed by atoms with E-state index in [-0.39, 0.29) is 5.91 Å². The Morgan fingerprint density at radius 2 is 1.59 bits per heavy atom. The van der Waals surface area contributed by atoms with Crippen molar-refractivity contribution >= 4 is 28.8 Å². The Morgan fingerprint density at radius 3 is 2.15 bits per heavy atom. The highest BCUT2D eigenvalue weighted by Gasteiger charge is 2.08. The molecule has 0 aliphatic heterocycles. The molecule has 0 spiro atoms. The molecule has 0 fully saturated rings. The molecule has 1 aromatic heterocycles. The van der Waals surface area contributed by atoms with Crippen LogP contribution in [0, 0.1) is 13.8 Å². The number of nitrogens with one attached hydrogen (secondary N) is 2. The van der Waals surface area contributed by atoms with Crippen molar-refractivity contribution < 1.29 is 4.79 Å². The summed E-state index contributed by atoms with van der Waals surface area (Å²) in [7, 11) is 3.96. The molecule has 5 heteroatoms. The molecule has 0 saturated heterocycles. The van der Waals surface area contributed by atoms with Gasteiger partial charge in [0.05, 0.1) is 5.56 Å². The normalized spacial score (nSPS) is 10.4. The third-order valence-electron chi connectivity index (χ3n) is 4.40. The molecule has 27 heavy (non-hydrogen) atoms. The highest BCUT2D eigenvalue weighted by atomic mass is 16.1. The van der Waals surface area contributed by atoms with E-state index in [1.54, 1.807) is 12.3 Å². The third-order valence-corrected chi connectivity index (χ3v) is 4.40. The van der Waals surface area contributed by atoms with E-state index in [4.69, 9.17) is 0 Å². The molecule has 0 bridgehead atoms. The minimum Gasteiger partial charge on any atom is -0.378 e. The van der Waals surface area contributed by atoms with Gasteiger partial charge in [-0.15, -0.1) is 0 Å². The molecule has 1 heterocycles. The van der Waals surface area contributed by atoms with Crippen molar-refractivity contribution in [2.45, 2.75) is 13.8 Å². The zero-order valence-electron chi connectivity index (χ0n) is 16.1. The first-order chi connectivity index (χ1) is 12.9. The van der Waals surface area contributed by atoms with Gasteiger partial charge >= 0.3 is 0 Å². The quantitative estimate of drug-likeness (QED) is 0.689. The Bertz CT molecular complexity index is 911. The van der Waals surface area contributed by atoms with E-state index < -0.39 is 0 Å². The topological polar surface area (TPSA) is 57.3 Å². The number of hydrogen-bond donors (Lipinski definition) is 2. The van der Waals surface area contributed by atoms with Crippen LogP contribution in [0.2, 0.25) is 0 Å². The first kappa shape index (κ1) is 18.5. The van der Waals surface area contributed by atoms with E-state index in [2.05, 4.69) is 41.6 Å². The monoisotopic (exact) mass is 360 g/mol. The number of hydrogen-bond acceptors (Lipinski definition) is 4. The number of carbonyl (C=O) groups is 1. The Kier molecular flexibility index (Phi) is 5.41. The van der Waals surface area contributed by atoms with Gasteiger partial charge in [-0.25, -0.2) is 4.98 Å². The van der Waals surface area contributed by atoms with Crippen LogP contribution in [0.4, 0.5) is 22.9 Å². The summed E-state index contributed by atoms with van der Waals surface area (Å²) < 4.78 is 0. The van der Waals surface area contributed by atoms with Gasteiger partial charge in [0.15, 0.2) is 0 Å². The summed E-state index contributed by atoms with van der Waals surface area (Å²) >= 11 is 0. The molecule has 0 unspecified atom stereocenters. The first-order valence-electron chi connectivity index (χ1n) is 8.82. The minimum absolute atomic E-state index is 0.182. The number of carbonyl (C=O) groups excluding carboxylic acids is 1. The maximum absolute atomic E-state index is 12.4. The van der Waals surface area contributed by atoms with E-state index in [1.165, 1.54) is 0 Å². The number of nitrogens with zero attached hydrogens (tertiary/aromatic N) is 2. The lowest BCUT2D eigenvalue weighted by Crippen LogP contribution is -2.13. The van der Waals surface area contributed by atoms with Gasteiger partial charge in [0.25, 0.3) is 5.91 Å². The number of amides is 1. The van der Waals surface area contributed by atoms with Crippen molar-refractivity contribution in [2.75, 3.05) is 29.6 Å². The van der Waals surface area contributed by atoms with E-state index in [0.717, 1.165) is 28.2 Å². The lowest BCUT2D eigenvalue weighted by molar-refractivity contribution is 0.102. The smallest absolute Gasteiger partial charge is 0.257 e. The van der Waals surface area contributed by atoms with Crippen LogP contribution in [-0.4, -0.2) is 25.0 Å². The molecule has 3 aromatic rings. The summed E-state index contributed by atoms with van der Waals surface area (Å²) in [4.78, 5) is 18.8. The summed E-state index contributed by atoms with van der Waals surface area (Å²) in [5.41, 5.74) is 5.70. The molecule has 5 nitrogen and oxygen atoms in total. The number of para-hydroxylation sites is 1. The average Bonchev–Trinajstić information content (AvgIpc) is 2.66. The Hall–Kier alpha value is -3.34. The van der Waals surface area contributed by atoms with Crippen LogP contribution in [0.1, 0.15) is 21.5 Å². The van der Waals surface area contributed by atoms with Gasteiger partial charge in [-0.05, 0) is 61.4 Å². The lowest BCUT2D eigenvalue weighted by atomic mass is 10.1. The summed E-state index contributed by atoms with van der Waals surface area (Å²) in [6.45, 7) is 4.11. The van der Waals surface area contributed by atoms with Gasteiger partial charge in [-0.3, -0.25) is 4.79 Å². The van der Waals surface area contributed by atoms with Crippen LogP contribution in [0.5, 0.6) is 0 Å². The molecule has 3 rings (SSSR count). The zero-order chi connectivity index (χ0) is 19.4. The zero-order valence-corrected chi connectivity index (χ0v) is 16.1. The Labute approximate surface area is 160 Å². The molecule has 0 aliphatic rings. The molecular formula is C22H24N4O. The first-order valence-corrected chi connectivity index (χ1v) is 8.82.